The van der Waals surface area contributed by atoms with Gasteiger partial charge in [0.15, 0.2) is 0 Å². The molecule has 98 valence electrons. The van der Waals surface area contributed by atoms with Crippen molar-refractivity contribution in [2.75, 3.05) is 32.1 Å². The van der Waals surface area contributed by atoms with Gasteiger partial charge in [0.05, 0.1) is 30.1 Å². The molecule has 1 amide bonds. The molecule has 1 aromatic heterocycles. The first-order chi connectivity index (χ1) is 8.77. The monoisotopic (exact) mass is 250 g/mol. The van der Waals surface area contributed by atoms with Crippen molar-refractivity contribution in [1.82, 2.24) is 15.3 Å². The second kappa shape index (κ2) is 5.88. The molecule has 1 saturated heterocycles. The van der Waals surface area contributed by atoms with E-state index in [1.807, 2.05) is 0 Å². The number of carbonyl (C=O) groups is 1. The van der Waals surface area contributed by atoms with Gasteiger partial charge in [-0.25, -0.2) is 9.97 Å². The number of carbonyl (C=O) groups excluding carboxylic acids is 1. The summed E-state index contributed by atoms with van der Waals surface area (Å²) in [5.74, 6) is -0.0133. The zero-order valence-electron chi connectivity index (χ0n) is 10.5. The van der Waals surface area contributed by atoms with Crippen molar-refractivity contribution in [2.24, 2.45) is 5.41 Å². The minimum atomic E-state index is -0.449. The molecular weight excluding hydrogens is 232 g/mol. The Kier molecular flexibility index (Phi) is 4.22. The van der Waals surface area contributed by atoms with Crippen LogP contribution in [0.4, 0.5) is 5.69 Å². The van der Waals surface area contributed by atoms with Crippen LogP contribution in [0.25, 0.3) is 0 Å². The average Bonchev–Trinajstić information content (AvgIpc) is 2.41. The highest BCUT2D eigenvalue weighted by atomic mass is 16.5. The molecule has 1 aromatic rings. The summed E-state index contributed by atoms with van der Waals surface area (Å²) in [6.45, 7) is 2.11. The second-order valence-corrected chi connectivity index (χ2v) is 4.54. The first-order valence-electron chi connectivity index (χ1n) is 6.03. The Labute approximate surface area is 106 Å². The number of piperidine rings is 1. The molecule has 1 aliphatic heterocycles. The maximum Gasteiger partial charge on any atom is 0.233 e. The molecule has 0 saturated carbocycles. The molecule has 6 heteroatoms. The summed E-state index contributed by atoms with van der Waals surface area (Å²) in [6.07, 6.45) is 6.17. The van der Waals surface area contributed by atoms with Gasteiger partial charge in [-0.05, 0) is 25.9 Å². The molecule has 1 fully saturated rings. The van der Waals surface area contributed by atoms with Crippen molar-refractivity contribution in [2.45, 2.75) is 12.8 Å². The molecule has 0 radical (unpaired) electrons. The molecule has 18 heavy (non-hydrogen) atoms. The number of nitrogens with one attached hydrogen (secondary N) is 2. The zero-order chi connectivity index (χ0) is 12.8. The number of aromatic nitrogens is 2. The maximum atomic E-state index is 12.4. The van der Waals surface area contributed by atoms with E-state index >= 15 is 0 Å². The van der Waals surface area contributed by atoms with E-state index in [-0.39, 0.29) is 5.91 Å². The molecule has 2 rings (SSSR count). The minimum Gasteiger partial charge on any atom is -0.384 e. The quantitative estimate of drug-likeness (QED) is 0.810. The summed E-state index contributed by atoms with van der Waals surface area (Å²) in [6, 6.07) is 0. The topological polar surface area (TPSA) is 76.1 Å². The van der Waals surface area contributed by atoms with E-state index < -0.39 is 5.41 Å². The molecular formula is C12H18N4O2. The number of methoxy groups -OCH3 is 1. The number of ether oxygens (including phenoxy) is 1. The lowest BCUT2D eigenvalue weighted by molar-refractivity contribution is -0.130. The third-order valence-corrected chi connectivity index (χ3v) is 3.28. The third kappa shape index (κ3) is 2.83. The van der Waals surface area contributed by atoms with E-state index in [0.717, 1.165) is 25.9 Å². The van der Waals surface area contributed by atoms with Crippen LogP contribution in [0.1, 0.15) is 12.8 Å². The van der Waals surface area contributed by atoms with E-state index in [1.54, 1.807) is 19.5 Å². The van der Waals surface area contributed by atoms with Gasteiger partial charge in [0.25, 0.3) is 0 Å². The van der Waals surface area contributed by atoms with Gasteiger partial charge in [0.2, 0.25) is 5.91 Å². The summed E-state index contributed by atoms with van der Waals surface area (Å²) in [4.78, 5) is 20.2. The molecule has 1 aliphatic rings. The SMILES string of the molecule is COCC1(C(=O)Nc2cncnc2)CCNCC1. The number of hydrogen-bond donors (Lipinski definition) is 2. The van der Waals surface area contributed by atoms with Crippen LogP contribution < -0.4 is 10.6 Å². The summed E-state index contributed by atoms with van der Waals surface area (Å²) < 4.78 is 5.22. The van der Waals surface area contributed by atoms with Crippen molar-refractivity contribution in [3.05, 3.63) is 18.7 Å². The first kappa shape index (κ1) is 12.9. The number of hydrogen-bond acceptors (Lipinski definition) is 5. The van der Waals surface area contributed by atoms with Gasteiger partial charge in [-0.3, -0.25) is 4.79 Å². The van der Waals surface area contributed by atoms with Crippen LogP contribution in [0.5, 0.6) is 0 Å². The predicted octanol–water partition coefficient (Wildman–Crippen LogP) is 0.431. The first-order valence-corrected chi connectivity index (χ1v) is 6.03. The van der Waals surface area contributed by atoms with Gasteiger partial charge in [-0.1, -0.05) is 0 Å². The number of anilines is 1. The van der Waals surface area contributed by atoms with Gasteiger partial charge < -0.3 is 15.4 Å². The number of rotatable bonds is 4. The lowest BCUT2D eigenvalue weighted by Gasteiger charge is -2.35. The summed E-state index contributed by atoms with van der Waals surface area (Å²) in [5, 5.41) is 6.12. The Bertz CT molecular complexity index is 385. The van der Waals surface area contributed by atoms with Crippen molar-refractivity contribution >= 4 is 11.6 Å². The van der Waals surface area contributed by atoms with Crippen molar-refractivity contribution in [3.8, 4) is 0 Å². The molecule has 0 aliphatic carbocycles. The molecule has 0 bridgehead atoms. The van der Waals surface area contributed by atoms with Crippen LogP contribution in [0, 0.1) is 5.41 Å². The van der Waals surface area contributed by atoms with Crippen LogP contribution in [0.3, 0.4) is 0 Å². The van der Waals surface area contributed by atoms with E-state index in [1.165, 1.54) is 6.33 Å². The molecule has 0 atom stereocenters. The van der Waals surface area contributed by atoms with Crippen molar-refractivity contribution < 1.29 is 9.53 Å². The fraction of sp³-hybridized carbons (Fsp3) is 0.583. The molecule has 0 aromatic carbocycles. The largest absolute Gasteiger partial charge is 0.384 e. The van der Waals surface area contributed by atoms with Crippen LogP contribution in [0.2, 0.25) is 0 Å². The van der Waals surface area contributed by atoms with Gasteiger partial charge in [-0.2, -0.15) is 0 Å². The zero-order valence-corrected chi connectivity index (χ0v) is 10.5. The Morgan fingerprint density at radius 2 is 2.11 bits per heavy atom. The number of amides is 1. The second-order valence-electron chi connectivity index (χ2n) is 4.54. The van der Waals surface area contributed by atoms with Crippen LogP contribution in [-0.4, -0.2) is 42.7 Å². The molecule has 0 spiro atoms. The highest BCUT2D eigenvalue weighted by molar-refractivity contribution is 5.95. The maximum absolute atomic E-state index is 12.4. The lowest BCUT2D eigenvalue weighted by Crippen LogP contribution is -2.47. The van der Waals surface area contributed by atoms with E-state index in [2.05, 4.69) is 20.6 Å². The summed E-state index contributed by atoms with van der Waals surface area (Å²) in [5.41, 5.74) is 0.173. The van der Waals surface area contributed by atoms with Crippen molar-refractivity contribution in [1.29, 1.82) is 0 Å². The summed E-state index contributed by atoms with van der Waals surface area (Å²) in [7, 11) is 1.63. The molecule has 6 nitrogen and oxygen atoms in total. The summed E-state index contributed by atoms with van der Waals surface area (Å²) >= 11 is 0. The molecule has 2 N–H and O–H groups in total. The fourth-order valence-electron chi connectivity index (χ4n) is 2.25. The predicted molar refractivity (Wildman–Crippen MR) is 67.1 cm³/mol. The molecule has 2 heterocycles. The standard InChI is InChI=1S/C12H18N4O2/c1-18-8-12(2-4-13-5-3-12)11(17)16-10-6-14-9-15-7-10/h6-7,9,13H,2-5,8H2,1H3,(H,16,17). The number of nitrogens with zero attached hydrogens (tertiary/aromatic N) is 2. The normalized spacial score (nSPS) is 18.3. The van der Waals surface area contributed by atoms with Gasteiger partial charge in [0.1, 0.15) is 6.33 Å². The van der Waals surface area contributed by atoms with Gasteiger partial charge >= 0.3 is 0 Å². The van der Waals surface area contributed by atoms with Crippen molar-refractivity contribution in [3.63, 3.8) is 0 Å². The van der Waals surface area contributed by atoms with E-state index in [0.29, 0.717) is 12.3 Å². The highest BCUT2D eigenvalue weighted by Crippen LogP contribution is 2.30. The Morgan fingerprint density at radius 3 is 2.72 bits per heavy atom. The Morgan fingerprint density at radius 1 is 1.44 bits per heavy atom. The van der Waals surface area contributed by atoms with Crippen LogP contribution in [0.15, 0.2) is 18.7 Å². The smallest absolute Gasteiger partial charge is 0.233 e. The Balaban J connectivity index is 2.08. The van der Waals surface area contributed by atoms with Gasteiger partial charge in [0, 0.05) is 7.11 Å². The van der Waals surface area contributed by atoms with Crippen LogP contribution in [-0.2, 0) is 9.53 Å². The minimum absolute atomic E-state index is 0.0133. The van der Waals surface area contributed by atoms with Gasteiger partial charge in [-0.15, -0.1) is 0 Å². The van der Waals surface area contributed by atoms with E-state index in [4.69, 9.17) is 4.74 Å². The van der Waals surface area contributed by atoms with E-state index in [9.17, 15) is 4.79 Å². The third-order valence-electron chi connectivity index (χ3n) is 3.28. The highest BCUT2D eigenvalue weighted by Gasteiger charge is 2.39. The Hall–Kier alpha value is -1.53. The van der Waals surface area contributed by atoms with Crippen LogP contribution >= 0.6 is 0 Å². The average molecular weight is 250 g/mol. The molecule has 0 unspecified atom stereocenters. The lowest BCUT2D eigenvalue weighted by atomic mass is 9.78. The fourth-order valence-corrected chi connectivity index (χ4v) is 2.25.